The molecule has 1 saturated heterocycles. The molecule has 0 radical (unpaired) electrons. The molecule has 1 aromatic carbocycles. The van der Waals surface area contributed by atoms with E-state index >= 15 is 0 Å². The third-order valence-corrected chi connectivity index (χ3v) is 6.55. The number of hydrogen-bond acceptors (Lipinski definition) is 9. The monoisotopic (exact) mass is 535 g/mol. The number of H-pyrrole nitrogens is 1. The highest BCUT2D eigenvalue weighted by molar-refractivity contribution is 7.78. The van der Waals surface area contributed by atoms with Crippen molar-refractivity contribution < 1.29 is 38.0 Å². The molecule has 37 heavy (non-hydrogen) atoms. The van der Waals surface area contributed by atoms with Crippen molar-refractivity contribution >= 4 is 30.7 Å². The zero-order valence-corrected chi connectivity index (χ0v) is 22.4. The topological polar surface area (TPSA) is 133 Å². The summed E-state index contributed by atoms with van der Waals surface area (Å²) < 4.78 is 27.2. The van der Waals surface area contributed by atoms with Gasteiger partial charge in [0.2, 0.25) is 11.6 Å². The summed E-state index contributed by atoms with van der Waals surface area (Å²) in [5.74, 6) is -0.518. The first-order chi connectivity index (χ1) is 17.7. The van der Waals surface area contributed by atoms with Crippen molar-refractivity contribution in [3.8, 4) is 17.0 Å². The first-order valence-corrected chi connectivity index (χ1v) is 12.7. The molecule has 3 unspecified atom stereocenters. The molecule has 5 atom stereocenters. The van der Waals surface area contributed by atoms with Gasteiger partial charge in [0.25, 0.3) is 0 Å². The van der Waals surface area contributed by atoms with E-state index in [4.69, 9.17) is 18.9 Å². The fraction of sp³-hybridized carbons (Fsp3) is 0.560. The van der Waals surface area contributed by atoms with Crippen molar-refractivity contribution in [1.82, 2.24) is 15.0 Å². The molecule has 11 nitrogen and oxygen atoms in total. The van der Waals surface area contributed by atoms with Gasteiger partial charge in [0.1, 0.15) is 24.5 Å². The maximum Gasteiger partial charge on any atom is 0.308 e. The second-order valence-electron chi connectivity index (χ2n) is 9.20. The van der Waals surface area contributed by atoms with E-state index in [1.807, 2.05) is 26.1 Å². The number of amides is 1. The Morgan fingerprint density at radius 3 is 2.65 bits per heavy atom. The van der Waals surface area contributed by atoms with Gasteiger partial charge < -0.3 is 23.7 Å². The SMILES string of the molecule is CC(=O)Oc1cccc(-c2c[n+](CC3OC(OCCCCC(=O)NS)C(C)[C@@H](C)[C@H]3OC(C)=O)[nH]n2)c1. The van der Waals surface area contributed by atoms with Gasteiger partial charge in [-0.05, 0) is 25.0 Å². The number of ether oxygens (including phenoxy) is 4. The first kappa shape index (κ1) is 28.6. The second kappa shape index (κ2) is 13.5. The Bertz CT molecular complexity index is 1080. The van der Waals surface area contributed by atoms with Gasteiger partial charge >= 0.3 is 11.9 Å². The number of rotatable bonds is 11. The van der Waals surface area contributed by atoms with Crippen LogP contribution in [-0.4, -0.2) is 53.3 Å². The average Bonchev–Trinajstić information content (AvgIpc) is 3.32. The number of unbranched alkanes of at least 4 members (excludes halogenated alkanes) is 1. The van der Waals surface area contributed by atoms with Crippen molar-refractivity contribution in [1.29, 1.82) is 0 Å². The van der Waals surface area contributed by atoms with Crippen LogP contribution in [0.3, 0.4) is 0 Å². The Morgan fingerprint density at radius 1 is 1.16 bits per heavy atom. The molecule has 0 saturated carbocycles. The molecule has 1 amide bonds. The zero-order valence-electron chi connectivity index (χ0n) is 21.5. The van der Waals surface area contributed by atoms with E-state index in [0.717, 1.165) is 5.56 Å². The van der Waals surface area contributed by atoms with Crippen LogP contribution in [0.25, 0.3) is 11.3 Å². The van der Waals surface area contributed by atoms with Crippen LogP contribution >= 0.6 is 12.8 Å². The summed E-state index contributed by atoms with van der Waals surface area (Å²) in [6.45, 7) is 7.54. The maximum atomic E-state index is 11.9. The molecule has 202 valence electrons. The van der Waals surface area contributed by atoms with Crippen molar-refractivity contribution in [2.24, 2.45) is 11.8 Å². The molecule has 2 aromatic rings. The molecule has 12 heteroatoms. The smallest absolute Gasteiger partial charge is 0.308 e. The number of esters is 2. The summed E-state index contributed by atoms with van der Waals surface area (Å²) in [7, 11) is 0. The van der Waals surface area contributed by atoms with Gasteiger partial charge in [-0.25, -0.2) is 0 Å². The van der Waals surface area contributed by atoms with Gasteiger partial charge in [0.15, 0.2) is 12.5 Å². The molecule has 1 aliphatic heterocycles. The minimum atomic E-state index is -0.492. The van der Waals surface area contributed by atoms with Gasteiger partial charge in [0, 0.05) is 49.4 Å². The lowest BCUT2D eigenvalue weighted by Crippen LogP contribution is -2.57. The summed E-state index contributed by atoms with van der Waals surface area (Å²) >= 11 is 3.75. The third-order valence-electron chi connectivity index (χ3n) is 6.30. The Kier molecular flexibility index (Phi) is 10.5. The van der Waals surface area contributed by atoms with Crippen molar-refractivity contribution in [3.05, 3.63) is 30.5 Å². The van der Waals surface area contributed by atoms with E-state index in [1.54, 1.807) is 22.9 Å². The molecule has 0 spiro atoms. The lowest BCUT2D eigenvalue weighted by atomic mass is 9.84. The number of hydrogen-bond donors (Lipinski definition) is 3. The van der Waals surface area contributed by atoms with Crippen LogP contribution in [0.5, 0.6) is 5.75 Å². The van der Waals surface area contributed by atoms with Crippen LogP contribution in [0.2, 0.25) is 0 Å². The Hall–Kier alpha value is -2.96. The van der Waals surface area contributed by atoms with Crippen molar-refractivity contribution in [3.63, 3.8) is 0 Å². The van der Waals surface area contributed by atoms with Crippen LogP contribution in [0, 0.1) is 11.8 Å². The molecular weight excluding hydrogens is 500 g/mol. The summed E-state index contributed by atoms with van der Waals surface area (Å²) in [6, 6.07) is 7.07. The van der Waals surface area contributed by atoms with Crippen LogP contribution in [0.4, 0.5) is 0 Å². The highest BCUT2D eigenvalue weighted by atomic mass is 32.1. The van der Waals surface area contributed by atoms with Gasteiger partial charge in [-0.2, -0.15) is 4.68 Å². The van der Waals surface area contributed by atoms with Crippen LogP contribution in [-0.2, 0) is 35.1 Å². The molecule has 1 aliphatic rings. The fourth-order valence-electron chi connectivity index (χ4n) is 4.25. The third kappa shape index (κ3) is 8.27. The summed E-state index contributed by atoms with van der Waals surface area (Å²) in [4.78, 5) is 34.5. The highest BCUT2D eigenvalue weighted by Gasteiger charge is 2.45. The number of nitrogens with one attached hydrogen (secondary N) is 2. The van der Waals surface area contributed by atoms with Gasteiger partial charge in [-0.1, -0.05) is 44.0 Å². The Labute approximate surface area is 221 Å². The molecule has 2 heterocycles. The lowest BCUT2D eigenvalue weighted by Gasteiger charge is -2.43. The zero-order chi connectivity index (χ0) is 26.9. The van der Waals surface area contributed by atoms with Crippen LogP contribution in [0.1, 0.15) is 47.0 Å². The fourth-order valence-corrected chi connectivity index (χ4v) is 4.36. The quantitative estimate of drug-likeness (QED) is 0.131. The number of carbonyl (C=O) groups is 3. The van der Waals surface area contributed by atoms with E-state index in [2.05, 4.69) is 27.8 Å². The first-order valence-electron chi connectivity index (χ1n) is 12.3. The molecule has 2 N–H and O–H groups in total. The Morgan fingerprint density at radius 2 is 1.95 bits per heavy atom. The number of nitrogens with zero attached hydrogens (tertiary/aromatic N) is 2. The molecule has 0 aliphatic carbocycles. The Balaban J connectivity index is 1.69. The molecule has 3 rings (SSSR count). The molecule has 1 fully saturated rings. The number of benzene rings is 1. The molecular formula is C25H35N4O7S+. The lowest BCUT2D eigenvalue weighted by molar-refractivity contribution is -0.761. The number of aromatic amines is 1. The summed E-state index contributed by atoms with van der Waals surface area (Å²) in [5.41, 5.74) is 1.41. The second-order valence-corrected chi connectivity index (χ2v) is 9.42. The summed E-state index contributed by atoms with van der Waals surface area (Å²) in [6.07, 6.45) is 2.11. The van der Waals surface area contributed by atoms with Crippen LogP contribution < -0.4 is 14.1 Å². The van der Waals surface area contributed by atoms with E-state index in [1.165, 1.54) is 13.8 Å². The number of aromatic nitrogens is 3. The largest absolute Gasteiger partial charge is 0.459 e. The van der Waals surface area contributed by atoms with E-state index in [-0.39, 0.29) is 23.7 Å². The normalized spacial score (nSPS) is 23.3. The van der Waals surface area contributed by atoms with Crippen molar-refractivity contribution in [2.45, 2.75) is 72.0 Å². The maximum absolute atomic E-state index is 11.9. The predicted octanol–water partition coefficient (Wildman–Crippen LogP) is 2.37. The van der Waals surface area contributed by atoms with E-state index in [9.17, 15) is 14.4 Å². The minimum absolute atomic E-state index is 0.0207. The standard InChI is InChI=1S/C25H34N4O7S/c1-15-16(2)25(33-11-6-5-10-23(32)27-37)36-22(24(15)35-18(4)31)14-29-13-21(26-28-29)19-8-7-9-20(12-19)34-17(3)30/h7-9,12-13,15-16,22,24-25H,5-6,10-11,14H2,1-4H3,(H2,26,27,28,32,37)/p+1/t15-,16?,22?,24-,25?/m1/s1. The number of carbonyl (C=O) groups excluding carboxylic acids is 3. The predicted molar refractivity (Wildman–Crippen MR) is 135 cm³/mol. The van der Waals surface area contributed by atoms with E-state index < -0.39 is 24.5 Å². The van der Waals surface area contributed by atoms with E-state index in [0.29, 0.717) is 43.9 Å². The van der Waals surface area contributed by atoms with Gasteiger partial charge in [-0.15, -0.1) is 0 Å². The molecule has 1 aromatic heterocycles. The highest BCUT2D eigenvalue weighted by Crippen LogP contribution is 2.34. The average molecular weight is 536 g/mol. The molecule has 0 bridgehead atoms. The number of thiol groups is 1. The van der Waals surface area contributed by atoms with Gasteiger partial charge in [0.05, 0.1) is 0 Å². The van der Waals surface area contributed by atoms with Crippen LogP contribution in [0.15, 0.2) is 30.5 Å². The van der Waals surface area contributed by atoms with Gasteiger partial charge in [-0.3, -0.25) is 14.4 Å². The minimum Gasteiger partial charge on any atom is -0.459 e. The van der Waals surface area contributed by atoms with Crippen molar-refractivity contribution in [2.75, 3.05) is 6.61 Å². The summed E-state index contributed by atoms with van der Waals surface area (Å²) in [5, 5.41) is 7.32.